The van der Waals surface area contributed by atoms with Gasteiger partial charge in [-0.25, -0.2) is 13.4 Å². The van der Waals surface area contributed by atoms with Crippen molar-refractivity contribution < 1.29 is 13.2 Å². The number of amides is 1. The van der Waals surface area contributed by atoms with Crippen LogP contribution in [-0.4, -0.2) is 23.7 Å². The first-order chi connectivity index (χ1) is 14.3. The van der Waals surface area contributed by atoms with Gasteiger partial charge in [0.15, 0.2) is 4.96 Å². The molecule has 0 unspecified atom stereocenters. The Morgan fingerprint density at radius 1 is 1.10 bits per heavy atom. The molecule has 0 bridgehead atoms. The molecule has 0 atom stereocenters. The number of benzene rings is 2. The van der Waals surface area contributed by atoms with Crippen molar-refractivity contribution in [3.05, 3.63) is 66.3 Å². The molecule has 2 aromatic heterocycles. The molecule has 154 valence electrons. The van der Waals surface area contributed by atoms with Gasteiger partial charge >= 0.3 is 0 Å². The number of rotatable bonds is 6. The largest absolute Gasteiger partial charge is 0.326 e. The number of nitrogens with one attached hydrogen (secondary N) is 2. The molecule has 30 heavy (non-hydrogen) atoms. The summed E-state index contributed by atoms with van der Waals surface area (Å²) >= 11 is 1.51. The summed E-state index contributed by atoms with van der Waals surface area (Å²) in [6, 6.07) is 13.2. The first-order valence-electron chi connectivity index (χ1n) is 9.29. The summed E-state index contributed by atoms with van der Waals surface area (Å²) < 4.78 is 30.4. The van der Waals surface area contributed by atoms with E-state index >= 15 is 0 Å². The maximum atomic E-state index is 12.9. The van der Waals surface area contributed by atoms with Crippen molar-refractivity contribution in [3.63, 3.8) is 0 Å². The average molecular weight is 441 g/mol. The van der Waals surface area contributed by atoms with Crippen molar-refractivity contribution in [1.82, 2.24) is 9.38 Å². The van der Waals surface area contributed by atoms with Crippen LogP contribution in [0.4, 0.5) is 11.4 Å². The van der Waals surface area contributed by atoms with E-state index in [0.29, 0.717) is 22.6 Å². The molecule has 4 aromatic rings. The van der Waals surface area contributed by atoms with Gasteiger partial charge in [-0.05, 0) is 30.3 Å². The van der Waals surface area contributed by atoms with Crippen molar-refractivity contribution in [2.45, 2.75) is 18.7 Å². The third-order valence-corrected chi connectivity index (χ3v) is 6.65. The predicted octanol–water partition coefficient (Wildman–Crippen LogP) is 4.46. The Morgan fingerprint density at radius 2 is 1.83 bits per heavy atom. The number of carbonyl (C=O) groups is 1. The number of sulfonamides is 1. The van der Waals surface area contributed by atoms with E-state index in [-0.39, 0.29) is 16.7 Å². The number of hydrogen-bond acceptors (Lipinski definition) is 5. The van der Waals surface area contributed by atoms with Crippen LogP contribution in [0.15, 0.2) is 71.2 Å². The molecule has 0 aliphatic heterocycles. The highest BCUT2D eigenvalue weighted by atomic mass is 32.2. The van der Waals surface area contributed by atoms with Gasteiger partial charge in [-0.2, -0.15) is 0 Å². The van der Waals surface area contributed by atoms with Gasteiger partial charge in [-0.1, -0.05) is 32.0 Å². The lowest BCUT2D eigenvalue weighted by atomic mass is 10.1. The van der Waals surface area contributed by atoms with Gasteiger partial charge in [0.2, 0.25) is 5.91 Å². The van der Waals surface area contributed by atoms with Crippen molar-refractivity contribution in [2.24, 2.45) is 5.92 Å². The van der Waals surface area contributed by atoms with E-state index < -0.39 is 10.0 Å². The molecule has 0 saturated heterocycles. The van der Waals surface area contributed by atoms with Gasteiger partial charge in [0.25, 0.3) is 10.0 Å². The lowest BCUT2D eigenvalue weighted by Gasteiger charge is -2.12. The van der Waals surface area contributed by atoms with E-state index in [1.54, 1.807) is 38.1 Å². The number of imidazole rings is 1. The lowest BCUT2D eigenvalue weighted by Crippen LogP contribution is -2.18. The second-order valence-corrected chi connectivity index (χ2v) is 9.59. The number of aromatic nitrogens is 2. The maximum Gasteiger partial charge on any atom is 0.261 e. The number of nitrogens with zero attached hydrogens (tertiary/aromatic N) is 2. The SMILES string of the molecule is CC(C)C(=O)Nc1ccc(S(=O)(=O)Nc2ccccc2-c2cn3ccsc3n2)cc1. The molecule has 2 aromatic carbocycles. The fraction of sp³-hybridized carbons (Fsp3) is 0.143. The Morgan fingerprint density at radius 3 is 2.53 bits per heavy atom. The fourth-order valence-corrected chi connectivity index (χ4v) is 4.64. The number of carbonyl (C=O) groups excluding carboxylic acids is 1. The number of fused-ring (bicyclic) bond motifs is 1. The number of anilines is 2. The minimum Gasteiger partial charge on any atom is -0.326 e. The van der Waals surface area contributed by atoms with Crippen LogP contribution in [-0.2, 0) is 14.8 Å². The standard InChI is InChI=1S/C21H20N4O3S2/c1-14(2)20(26)22-15-7-9-16(10-8-15)30(27,28)24-18-6-4-3-5-17(18)19-13-25-11-12-29-21(25)23-19/h3-14,24H,1-2H3,(H,22,26). The number of thiazole rings is 1. The minimum absolute atomic E-state index is 0.102. The summed E-state index contributed by atoms with van der Waals surface area (Å²) in [4.78, 5) is 17.3. The normalized spacial score (nSPS) is 11.7. The Hall–Kier alpha value is -3.17. The highest BCUT2D eigenvalue weighted by molar-refractivity contribution is 7.92. The van der Waals surface area contributed by atoms with Crippen LogP contribution in [0.2, 0.25) is 0 Å². The Labute approximate surface area is 178 Å². The van der Waals surface area contributed by atoms with E-state index in [0.717, 1.165) is 4.96 Å². The molecule has 4 rings (SSSR count). The summed E-state index contributed by atoms with van der Waals surface area (Å²) in [5.41, 5.74) is 2.37. The fourth-order valence-electron chi connectivity index (χ4n) is 2.86. The van der Waals surface area contributed by atoms with Gasteiger partial charge in [0.1, 0.15) is 0 Å². The Bertz CT molecular complexity index is 1280. The lowest BCUT2D eigenvalue weighted by molar-refractivity contribution is -0.118. The Kier molecular flexibility index (Phi) is 5.31. The van der Waals surface area contributed by atoms with Gasteiger partial charge in [-0.3, -0.25) is 13.9 Å². The monoisotopic (exact) mass is 440 g/mol. The zero-order valence-electron chi connectivity index (χ0n) is 16.4. The highest BCUT2D eigenvalue weighted by Crippen LogP contribution is 2.30. The van der Waals surface area contributed by atoms with E-state index in [4.69, 9.17) is 0 Å². The van der Waals surface area contributed by atoms with E-state index in [1.807, 2.05) is 34.3 Å². The van der Waals surface area contributed by atoms with Gasteiger partial charge in [-0.15, -0.1) is 11.3 Å². The summed E-state index contributed by atoms with van der Waals surface area (Å²) in [5, 5.41) is 4.69. The summed E-state index contributed by atoms with van der Waals surface area (Å²) in [6.07, 6.45) is 3.77. The van der Waals surface area contributed by atoms with Crippen LogP contribution in [0.3, 0.4) is 0 Å². The van der Waals surface area contributed by atoms with Gasteiger partial charge < -0.3 is 5.32 Å². The molecule has 2 N–H and O–H groups in total. The van der Waals surface area contributed by atoms with E-state index in [1.165, 1.54) is 23.5 Å². The maximum absolute atomic E-state index is 12.9. The molecule has 9 heteroatoms. The number of para-hydroxylation sites is 1. The van der Waals surface area contributed by atoms with Crippen LogP contribution in [0, 0.1) is 5.92 Å². The summed E-state index contributed by atoms with van der Waals surface area (Å²) in [6.45, 7) is 3.58. The highest BCUT2D eigenvalue weighted by Gasteiger charge is 2.18. The molecule has 2 heterocycles. The zero-order valence-corrected chi connectivity index (χ0v) is 18.0. The van der Waals surface area contributed by atoms with Crippen molar-refractivity contribution >= 4 is 43.6 Å². The third-order valence-electron chi connectivity index (χ3n) is 4.50. The first-order valence-corrected chi connectivity index (χ1v) is 11.6. The van der Waals surface area contributed by atoms with Crippen molar-refractivity contribution in [3.8, 4) is 11.3 Å². The van der Waals surface area contributed by atoms with E-state index in [9.17, 15) is 13.2 Å². The molecule has 1 amide bonds. The second kappa shape index (κ2) is 7.92. The molecule has 0 aliphatic rings. The predicted molar refractivity (Wildman–Crippen MR) is 119 cm³/mol. The van der Waals surface area contributed by atoms with Crippen molar-refractivity contribution in [1.29, 1.82) is 0 Å². The molecule has 7 nitrogen and oxygen atoms in total. The first kappa shape index (κ1) is 20.1. The summed E-state index contributed by atoms with van der Waals surface area (Å²) in [5.74, 6) is -0.289. The van der Waals surface area contributed by atoms with Crippen LogP contribution in [0.1, 0.15) is 13.8 Å². The smallest absolute Gasteiger partial charge is 0.261 e. The van der Waals surface area contributed by atoms with Crippen LogP contribution in [0.5, 0.6) is 0 Å². The third kappa shape index (κ3) is 4.07. The van der Waals surface area contributed by atoms with Crippen LogP contribution < -0.4 is 10.0 Å². The molecule has 0 spiro atoms. The van der Waals surface area contributed by atoms with Crippen LogP contribution in [0.25, 0.3) is 16.2 Å². The van der Waals surface area contributed by atoms with Crippen LogP contribution >= 0.6 is 11.3 Å². The quantitative estimate of drug-likeness (QED) is 0.463. The average Bonchev–Trinajstić information content (AvgIpc) is 3.30. The molecule has 0 aliphatic carbocycles. The minimum atomic E-state index is -3.82. The molecular weight excluding hydrogens is 420 g/mol. The van der Waals surface area contributed by atoms with Gasteiger partial charge in [0, 0.05) is 34.9 Å². The molecular formula is C21H20N4O3S2. The summed E-state index contributed by atoms with van der Waals surface area (Å²) in [7, 11) is -3.82. The number of hydrogen-bond donors (Lipinski definition) is 2. The molecule has 0 radical (unpaired) electrons. The Balaban J connectivity index is 1.59. The second-order valence-electron chi connectivity index (χ2n) is 7.04. The van der Waals surface area contributed by atoms with E-state index in [2.05, 4.69) is 15.0 Å². The molecule has 0 saturated carbocycles. The topological polar surface area (TPSA) is 92.6 Å². The van der Waals surface area contributed by atoms with Crippen molar-refractivity contribution in [2.75, 3.05) is 10.0 Å². The van der Waals surface area contributed by atoms with Gasteiger partial charge in [0.05, 0.1) is 16.3 Å². The zero-order chi connectivity index (χ0) is 21.3. The molecule has 0 fully saturated rings.